The number of hydrogen-bond acceptors (Lipinski definition) is 15. The molecule has 0 aliphatic rings. The number of nitriles is 1. The molecule has 2 rings (SSSR count). The number of amides is 2. The smallest absolute Gasteiger partial charge is 0.334 e. The summed E-state index contributed by atoms with van der Waals surface area (Å²) in [7, 11) is -31.0. The van der Waals surface area contributed by atoms with Gasteiger partial charge in [0.2, 0.25) is 0 Å². The summed E-state index contributed by atoms with van der Waals surface area (Å²) in [6.45, 7) is 3.93. The molecule has 1 atom stereocenters. The molecule has 23 heteroatoms. The second-order valence-corrected chi connectivity index (χ2v) is 25.0. The normalized spacial score (nSPS) is 13.2. The summed E-state index contributed by atoms with van der Waals surface area (Å²) < 4.78 is 123. The van der Waals surface area contributed by atoms with Gasteiger partial charge in [0.1, 0.15) is 11.6 Å². The van der Waals surface area contributed by atoms with Gasteiger partial charge in [0.25, 0.3) is 9.74 Å². The van der Waals surface area contributed by atoms with Crippen LogP contribution in [0.5, 0.6) is 0 Å². The largest absolute Gasteiger partial charge is 0.390 e. The highest BCUT2D eigenvalue weighted by Crippen LogP contribution is 2.34. The summed E-state index contributed by atoms with van der Waals surface area (Å²) in [6, 6.07) is 5.68. The van der Waals surface area contributed by atoms with E-state index in [0.29, 0.717) is 6.42 Å². The van der Waals surface area contributed by atoms with E-state index in [4.69, 9.17) is 0 Å². The molecule has 0 aliphatic carbocycles. The Kier molecular flexibility index (Phi) is 11.1. The van der Waals surface area contributed by atoms with Crippen LogP contribution in [0, 0.1) is 11.3 Å². The van der Waals surface area contributed by atoms with Crippen LogP contribution in [0.25, 0.3) is 10.4 Å². The third-order valence-corrected chi connectivity index (χ3v) is 25.5. The Morgan fingerprint density at radius 1 is 1.07 bits per heavy atom. The van der Waals surface area contributed by atoms with E-state index in [0.717, 1.165) is 42.9 Å². The average Bonchev–Trinajstić information content (AvgIpc) is 3.32. The molecule has 1 heterocycles. The summed E-state index contributed by atoms with van der Waals surface area (Å²) in [5.41, 5.74) is 4.25. The highest BCUT2D eigenvalue weighted by atomic mass is 33.9. The van der Waals surface area contributed by atoms with Crippen LogP contribution in [0.4, 0.5) is 16.3 Å². The minimum Gasteiger partial charge on any atom is -0.334 e. The van der Waals surface area contributed by atoms with Crippen LogP contribution >= 0.6 is 11.5 Å². The molecule has 228 valence electrons. The number of urea groups is 1. The summed E-state index contributed by atoms with van der Waals surface area (Å²) in [5, 5.41) is 12.4. The van der Waals surface area contributed by atoms with Crippen LogP contribution in [-0.4, -0.2) is 58.5 Å². The number of anilines is 2. The zero-order valence-electron chi connectivity index (χ0n) is 21.1. The van der Waals surface area contributed by atoms with Gasteiger partial charge in [-0.2, -0.15) is 43.3 Å². The van der Waals surface area contributed by atoms with Gasteiger partial charge in [-0.25, -0.2) is 13.2 Å². The second-order valence-electron chi connectivity index (χ2n) is 7.92. The molecule has 0 aliphatic heterocycles. The maximum atomic E-state index is 12.4. The lowest BCUT2D eigenvalue weighted by Crippen LogP contribution is -2.44. The van der Waals surface area contributed by atoms with Gasteiger partial charge in [0.05, 0.1) is 10.6 Å². The Hall–Kier alpha value is -3.04. The van der Waals surface area contributed by atoms with Gasteiger partial charge in [0, 0.05) is 6.04 Å². The number of rotatable bonds is 14. The van der Waals surface area contributed by atoms with Crippen molar-refractivity contribution in [3.05, 3.63) is 29.8 Å². The lowest BCUT2D eigenvalue weighted by molar-refractivity contribution is 0.237. The van der Waals surface area contributed by atoms with Crippen molar-refractivity contribution in [1.82, 2.24) is 15.1 Å². The molecule has 0 saturated carbocycles. The standard InChI is InChI=1S/C18H24N6O11S6/c1-3-5-8-13(4-2)20-18(25)22-21-17-15(11-19)16(36-23-17)12-7-6-9-14(10-12)24-38(28,29)40(32,33)41(34,35)39(30,31)37(26)27/h6-7,9-10,13,24,37H,3-5,8H2,1-2H3,(H,21,23)(H2,20,22,25). The third kappa shape index (κ3) is 7.25. The van der Waals surface area contributed by atoms with Crippen molar-refractivity contribution < 1.29 is 46.9 Å². The van der Waals surface area contributed by atoms with E-state index in [1.54, 1.807) is 0 Å². The van der Waals surface area contributed by atoms with Crippen molar-refractivity contribution in [3.8, 4) is 16.5 Å². The van der Waals surface area contributed by atoms with E-state index in [1.165, 1.54) is 16.9 Å². The van der Waals surface area contributed by atoms with Gasteiger partial charge in [-0.15, -0.1) is 0 Å². The van der Waals surface area contributed by atoms with E-state index in [1.807, 2.05) is 19.9 Å². The van der Waals surface area contributed by atoms with E-state index in [9.17, 15) is 52.1 Å². The van der Waals surface area contributed by atoms with Crippen molar-refractivity contribution in [2.24, 2.45) is 0 Å². The number of thiol groups is 1. The number of benzene rings is 1. The second kappa shape index (κ2) is 13.3. The van der Waals surface area contributed by atoms with Gasteiger partial charge in [-0.3, -0.25) is 15.6 Å². The third-order valence-electron chi connectivity index (χ3n) is 5.16. The fourth-order valence-corrected chi connectivity index (χ4v) is 21.4. The molecule has 0 radical (unpaired) electrons. The maximum Gasteiger partial charge on any atom is 0.390 e. The number of nitrogens with zero attached hydrogens (tertiary/aromatic N) is 2. The van der Waals surface area contributed by atoms with Crippen molar-refractivity contribution in [1.29, 1.82) is 5.26 Å². The van der Waals surface area contributed by atoms with Crippen molar-refractivity contribution >= 4 is 71.6 Å². The number of unbranched alkanes of at least 4 members (excludes halogenated alkanes) is 1. The summed E-state index contributed by atoms with van der Waals surface area (Å²) in [4.78, 5) is 12.4. The van der Waals surface area contributed by atoms with Gasteiger partial charge >= 0.3 is 38.8 Å². The molecule has 0 saturated heterocycles. The number of nitrogens with one attached hydrogen (secondary N) is 4. The van der Waals surface area contributed by atoms with E-state index >= 15 is 0 Å². The lowest BCUT2D eigenvalue weighted by atomic mass is 10.1. The van der Waals surface area contributed by atoms with Crippen molar-refractivity contribution in [2.45, 2.75) is 45.6 Å². The molecular formula is C18H24N6O11S6. The van der Waals surface area contributed by atoms with Crippen LogP contribution in [0.15, 0.2) is 24.3 Å². The molecule has 1 aromatic heterocycles. The number of aromatic nitrogens is 1. The number of carbonyl (C=O) groups excluding carboxylic acids is 1. The number of hydrogen-bond donors (Lipinski definition) is 5. The molecule has 17 nitrogen and oxygen atoms in total. The fraction of sp³-hybridized carbons (Fsp3) is 0.389. The molecule has 0 spiro atoms. The predicted molar refractivity (Wildman–Crippen MR) is 151 cm³/mol. The first-order chi connectivity index (χ1) is 19.0. The molecule has 4 N–H and O–H groups in total. The Labute approximate surface area is 239 Å². The Balaban J connectivity index is 2.32. The maximum absolute atomic E-state index is 12.4. The zero-order chi connectivity index (χ0) is 31.2. The number of carbonyl (C=O) groups is 1. The molecule has 1 aromatic carbocycles. The number of hydrazine groups is 1. The topological polar surface area (TPSA) is 273 Å². The highest BCUT2D eigenvalue weighted by Gasteiger charge is 2.53. The van der Waals surface area contributed by atoms with Crippen molar-refractivity contribution in [2.75, 3.05) is 10.1 Å². The van der Waals surface area contributed by atoms with Gasteiger partial charge in [-0.1, -0.05) is 38.8 Å². The Morgan fingerprint density at radius 2 is 1.73 bits per heavy atom. The highest BCUT2D eigenvalue weighted by molar-refractivity contribution is 9.23. The van der Waals surface area contributed by atoms with Crippen LogP contribution in [-0.2, 0) is 42.5 Å². The van der Waals surface area contributed by atoms with Gasteiger partial charge < -0.3 is 5.32 Å². The molecule has 2 aromatic rings. The SMILES string of the molecule is CCCCC(CC)NC(=O)NNc1nsc(-c2cccc(NS(=O)(=O)S(=O)(=O)S(=O)(=O)S(=O)(=O)[SH](=O)=O)c2)c1C#N. The molecule has 0 bridgehead atoms. The first-order valence-corrected chi connectivity index (χ1v) is 21.3. The van der Waals surface area contributed by atoms with Gasteiger partial charge in [-0.05, 0) is 42.1 Å². The average molecular weight is 693 g/mol. The molecule has 2 amide bonds. The van der Waals surface area contributed by atoms with E-state index < -0.39 is 54.2 Å². The Bertz CT molecular complexity index is 1850. The van der Waals surface area contributed by atoms with Crippen LogP contribution in [0.2, 0.25) is 0 Å². The minimum absolute atomic E-state index is 0.0687. The lowest BCUT2D eigenvalue weighted by Gasteiger charge is -2.17. The predicted octanol–water partition coefficient (Wildman–Crippen LogP) is 0.534. The Morgan fingerprint density at radius 3 is 2.29 bits per heavy atom. The first kappa shape index (κ1) is 34.2. The molecule has 1 unspecified atom stereocenters. The summed E-state index contributed by atoms with van der Waals surface area (Å²) in [6.07, 6.45) is 3.33. The summed E-state index contributed by atoms with van der Waals surface area (Å²) in [5.74, 6) is -0.0687. The van der Waals surface area contributed by atoms with E-state index in [2.05, 4.69) is 20.5 Å². The summed E-state index contributed by atoms with van der Waals surface area (Å²) >= 11 is 0.733. The van der Waals surface area contributed by atoms with Gasteiger partial charge in [0.15, 0.2) is 5.82 Å². The monoisotopic (exact) mass is 692 g/mol. The molecule has 41 heavy (non-hydrogen) atoms. The van der Waals surface area contributed by atoms with Crippen LogP contribution < -0.4 is 20.9 Å². The molecule has 0 fully saturated rings. The zero-order valence-corrected chi connectivity index (χ0v) is 26.1. The van der Waals surface area contributed by atoms with Crippen molar-refractivity contribution in [3.63, 3.8) is 0 Å². The first-order valence-electron chi connectivity index (χ1n) is 11.2. The van der Waals surface area contributed by atoms with Crippen LogP contribution in [0.1, 0.15) is 45.1 Å². The fourth-order valence-electron chi connectivity index (χ4n) is 3.05. The van der Waals surface area contributed by atoms with Crippen LogP contribution in [0.3, 0.4) is 0 Å². The molecular weight excluding hydrogens is 669 g/mol. The quantitative estimate of drug-likeness (QED) is 0.103. The minimum atomic E-state index is -6.81. The van der Waals surface area contributed by atoms with E-state index in [-0.39, 0.29) is 27.9 Å².